The zero-order valence-corrected chi connectivity index (χ0v) is 14.3. The highest BCUT2D eigenvalue weighted by Crippen LogP contribution is 2.27. The minimum Gasteiger partial charge on any atom is -0.364 e. The van der Waals surface area contributed by atoms with Crippen molar-refractivity contribution >= 4 is 16.9 Å². The molecule has 0 saturated heterocycles. The highest BCUT2D eigenvalue weighted by atomic mass is 16.1. The molecule has 7 nitrogen and oxygen atoms in total. The van der Waals surface area contributed by atoms with Crippen LogP contribution in [0.3, 0.4) is 0 Å². The molecule has 0 aliphatic heterocycles. The van der Waals surface area contributed by atoms with E-state index < -0.39 is 0 Å². The van der Waals surface area contributed by atoms with E-state index in [1.807, 2.05) is 30.3 Å². The Morgan fingerprint density at radius 3 is 2.92 bits per heavy atom. The molecular weight excluding hydrogens is 316 g/mol. The van der Waals surface area contributed by atoms with Crippen LogP contribution in [0.2, 0.25) is 0 Å². The van der Waals surface area contributed by atoms with Gasteiger partial charge < -0.3 is 5.32 Å². The zero-order chi connectivity index (χ0) is 17.2. The first kappa shape index (κ1) is 15.8. The molecule has 0 bridgehead atoms. The Morgan fingerprint density at radius 2 is 2.12 bits per heavy atom. The van der Waals surface area contributed by atoms with Crippen molar-refractivity contribution in [3.05, 3.63) is 46.2 Å². The van der Waals surface area contributed by atoms with Gasteiger partial charge in [0.1, 0.15) is 0 Å². The zero-order valence-electron chi connectivity index (χ0n) is 14.3. The molecule has 1 aromatic carbocycles. The molecule has 0 radical (unpaired) electrons. The number of H-pyrrole nitrogens is 1. The smallest absolute Gasteiger partial charge is 0.292 e. The van der Waals surface area contributed by atoms with E-state index in [2.05, 4.69) is 32.7 Å². The van der Waals surface area contributed by atoms with Crippen molar-refractivity contribution in [2.45, 2.75) is 45.2 Å². The Morgan fingerprint density at radius 1 is 1.28 bits per heavy atom. The molecule has 0 unspecified atom stereocenters. The lowest BCUT2D eigenvalue weighted by Crippen LogP contribution is -2.27. The fourth-order valence-corrected chi connectivity index (χ4v) is 3.64. The van der Waals surface area contributed by atoms with Crippen LogP contribution in [-0.2, 0) is 6.54 Å². The molecule has 1 fully saturated rings. The van der Waals surface area contributed by atoms with Gasteiger partial charge in [-0.25, -0.2) is 9.78 Å². The number of aromatic amines is 1. The molecular formula is C18H22N6O. The number of hydrogen-bond donors (Lipinski definition) is 2. The van der Waals surface area contributed by atoms with Crippen molar-refractivity contribution in [3.8, 4) is 0 Å². The van der Waals surface area contributed by atoms with Crippen LogP contribution in [0, 0.1) is 5.92 Å². The lowest BCUT2D eigenvalue weighted by molar-refractivity contribution is 0.358. The summed E-state index contributed by atoms with van der Waals surface area (Å²) in [5.41, 5.74) is 1.81. The van der Waals surface area contributed by atoms with Gasteiger partial charge in [-0.3, -0.25) is 4.79 Å². The number of nitrogens with one attached hydrogen (secondary N) is 2. The number of aromatic nitrogens is 5. The monoisotopic (exact) mass is 338 g/mol. The van der Waals surface area contributed by atoms with Gasteiger partial charge in [0.2, 0.25) is 0 Å². The van der Waals surface area contributed by atoms with Crippen molar-refractivity contribution in [3.63, 3.8) is 0 Å². The fourth-order valence-electron chi connectivity index (χ4n) is 3.64. The lowest BCUT2D eigenvalue weighted by atomic mass is 9.87. The van der Waals surface area contributed by atoms with Gasteiger partial charge in [-0.05, 0) is 24.3 Å². The average Bonchev–Trinajstić information content (AvgIpc) is 3.03. The second-order valence-corrected chi connectivity index (χ2v) is 6.94. The summed E-state index contributed by atoms with van der Waals surface area (Å²) in [5, 5.41) is 18.6. The predicted molar refractivity (Wildman–Crippen MR) is 96.5 cm³/mol. The number of anilines is 1. The largest absolute Gasteiger partial charge is 0.364 e. The summed E-state index contributed by atoms with van der Waals surface area (Å²) >= 11 is 0. The van der Waals surface area contributed by atoms with E-state index in [0.29, 0.717) is 35.4 Å². The molecule has 4 rings (SSSR count). The Hall–Kier alpha value is -2.70. The Balaban J connectivity index is 1.66. The Labute approximate surface area is 145 Å². The Kier molecular flexibility index (Phi) is 4.21. The molecule has 0 amide bonds. The second-order valence-electron chi connectivity index (χ2n) is 6.94. The molecule has 2 aromatic heterocycles. The standard InChI is InChI=1S/C18H22N6O/c1-12-6-5-9-14(10-12)19-17-15-16(18(25)22-21-17)24(23-20-15)11-13-7-3-2-4-8-13/h2-4,7-8,12,14H,5-6,9-11H2,1H3,(H,19,21)(H,22,25)/t12-,14+/m0/s1. The van der Waals surface area contributed by atoms with E-state index in [4.69, 9.17) is 0 Å². The first-order valence-electron chi connectivity index (χ1n) is 8.83. The van der Waals surface area contributed by atoms with Gasteiger partial charge in [0.15, 0.2) is 16.9 Å². The average molecular weight is 338 g/mol. The predicted octanol–water partition coefficient (Wildman–Crippen LogP) is 2.55. The molecule has 0 spiro atoms. The normalized spacial score (nSPS) is 20.7. The van der Waals surface area contributed by atoms with Crippen LogP contribution in [0.25, 0.3) is 11.0 Å². The van der Waals surface area contributed by atoms with Gasteiger partial charge in [-0.15, -0.1) is 5.10 Å². The number of benzene rings is 1. The van der Waals surface area contributed by atoms with Crippen LogP contribution >= 0.6 is 0 Å². The van der Waals surface area contributed by atoms with E-state index in [9.17, 15) is 4.79 Å². The molecule has 7 heteroatoms. The van der Waals surface area contributed by atoms with Gasteiger partial charge in [0.05, 0.1) is 6.54 Å². The second kappa shape index (κ2) is 6.66. The third kappa shape index (κ3) is 3.26. The summed E-state index contributed by atoms with van der Waals surface area (Å²) in [6, 6.07) is 10.3. The molecule has 130 valence electrons. The third-order valence-electron chi connectivity index (χ3n) is 4.90. The van der Waals surface area contributed by atoms with Crippen LogP contribution in [0.15, 0.2) is 35.1 Å². The molecule has 1 aliphatic carbocycles. The van der Waals surface area contributed by atoms with E-state index in [0.717, 1.165) is 18.4 Å². The number of rotatable bonds is 4. The van der Waals surface area contributed by atoms with Gasteiger partial charge in [-0.1, -0.05) is 55.3 Å². The summed E-state index contributed by atoms with van der Waals surface area (Å²) < 4.78 is 1.64. The minimum absolute atomic E-state index is 0.265. The molecule has 3 aromatic rings. The van der Waals surface area contributed by atoms with Gasteiger partial charge in [0.25, 0.3) is 5.56 Å². The number of fused-ring (bicyclic) bond motifs is 1. The third-order valence-corrected chi connectivity index (χ3v) is 4.90. The molecule has 25 heavy (non-hydrogen) atoms. The maximum atomic E-state index is 12.3. The molecule has 2 atom stereocenters. The van der Waals surface area contributed by atoms with Gasteiger partial charge in [-0.2, -0.15) is 5.10 Å². The molecule has 2 heterocycles. The maximum Gasteiger partial charge on any atom is 0.292 e. The summed E-state index contributed by atoms with van der Waals surface area (Å²) in [4.78, 5) is 12.3. The fraction of sp³-hybridized carbons (Fsp3) is 0.444. The van der Waals surface area contributed by atoms with E-state index in [1.54, 1.807) is 4.68 Å². The van der Waals surface area contributed by atoms with Crippen LogP contribution in [-0.4, -0.2) is 31.2 Å². The number of nitrogens with zero attached hydrogens (tertiary/aromatic N) is 4. The van der Waals surface area contributed by atoms with Gasteiger partial charge in [0, 0.05) is 6.04 Å². The maximum absolute atomic E-state index is 12.3. The van der Waals surface area contributed by atoms with Crippen molar-refractivity contribution in [1.29, 1.82) is 0 Å². The molecule has 2 N–H and O–H groups in total. The molecule has 1 aliphatic rings. The summed E-state index contributed by atoms with van der Waals surface area (Å²) in [6.45, 7) is 2.78. The van der Waals surface area contributed by atoms with Crippen LogP contribution < -0.4 is 10.9 Å². The molecule has 1 saturated carbocycles. The van der Waals surface area contributed by atoms with Gasteiger partial charge >= 0.3 is 0 Å². The first-order valence-corrected chi connectivity index (χ1v) is 8.83. The van der Waals surface area contributed by atoms with E-state index in [1.165, 1.54) is 12.8 Å². The van der Waals surface area contributed by atoms with Crippen molar-refractivity contribution in [1.82, 2.24) is 25.2 Å². The van der Waals surface area contributed by atoms with Crippen LogP contribution in [0.5, 0.6) is 0 Å². The van der Waals surface area contributed by atoms with E-state index in [-0.39, 0.29) is 5.56 Å². The van der Waals surface area contributed by atoms with E-state index >= 15 is 0 Å². The SMILES string of the molecule is C[C@H]1CCC[C@@H](Nc2n[nH]c(=O)c3c2nnn3Cc2ccccc2)C1. The van der Waals surface area contributed by atoms with Crippen LogP contribution in [0.1, 0.15) is 38.2 Å². The summed E-state index contributed by atoms with van der Waals surface area (Å²) in [5.74, 6) is 1.33. The Bertz CT molecular complexity index is 916. The first-order chi connectivity index (χ1) is 12.2. The summed E-state index contributed by atoms with van der Waals surface area (Å²) in [6.07, 6.45) is 4.72. The van der Waals surface area contributed by atoms with Crippen molar-refractivity contribution < 1.29 is 0 Å². The highest BCUT2D eigenvalue weighted by Gasteiger charge is 2.22. The quantitative estimate of drug-likeness (QED) is 0.763. The topological polar surface area (TPSA) is 88.5 Å². The minimum atomic E-state index is -0.265. The summed E-state index contributed by atoms with van der Waals surface area (Å²) in [7, 11) is 0. The lowest BCUT2D eigenvalue weighted by Gasteiger charge is -2.27. The van der Waals surface area contributed by atoms with Crippen LogP contribution in [0.4, 0.5) is 5.82 Å². The van der Waals surface area contributed by atoms with Crippen molar-refractivity contribution in [2.75, 3.05) is 5.32 Å². The highest BCUT2D eigenvalue weighted by molar-refractivity contribution is 5.84. The van der Waals surface area contributed by atoms with Crippen molar-refractivity contribution in [2.24, 2.45) is 5.92 Å². The number of hydrogen-bond acceptors (Lipinski definition) is 5.